The van der Waals surface area contributed by atoms with Gasteiger partial charge >= 0.3 is 0 Å². The Kier molecular flexibility index (Phi) is 5.48. The molecule has 2 aromatic rings. The maximum Gasteiger partial charge on any atom is 0.295 e. The van der Waals surface area contributed by atoms with Crippen molar-refractivity contribution in [1.29, 1.82) is 0 Å². The van der Waals surface area contributed by atoms with E-state index in [-0.39, 0.29) is 40.3 Å². The number of pyridine rings is 1. The molecule has 1 saturated heterocycles. The van der Waals surface area contributed by atoms with E-state index in [4.69, 9.17) is 15.2 Å². The van der Waals surface area contributed by atoms with Gasteiger partial charge in [0.25, 0.3) is 17.5 Å². The van der Waals surface area contributed by atoms with Gasteiger partial charge < -0.3 is 20.5 Å². The Balaban J connectivity index is 2.02. The van der Waals surface area contributed by atoms with E-state index in [9.17, 15) is 24.1 Å². The van der Waals surface area contributed by atoms with Crippen LogP contribution in [0.25, 0.3) is 10.8 Å². The monoisotopic (exact) mass is 406 g/mol. The minimum atomic E-state index is -1.62. The van der Waals surface area contributed by atoms with Crippen LogP contribution in [0.3, 0.4) is 0 Å². The zero-order valence-corrected chi connectivity index (χ0v) is 15.7. The third kappa shape index (κ3) is 3.62. The number of fused-ring (bicyclic) bond motifs is 1. The minimum Gasteiger partial charge on any atom is -0.496 e. The molecule has 0 bridgehead atoms. The van der Waals surface area contributed by atoms with Crippen LogP contribution in [0.4, 0.5) is 10.1 Å². The van der Waals surface area contributed by atoms with Crippen LogP contribution in [0.2, 0.25) is 0 Å². The third-order valence-corrected chi connectivity index (χ3v) is 4.95. The molecule has 154 valence electrons. The van der Waals surface area contributed by atoms with Crippen molar-refractivity contribution in [3.05, 3.63) is 34.0 Å². The molecule has 11 heteroatoms. The van der Waals surface area contributed by atoms with Gasteiger partial charge in [-0.05, 0) is 18.6 Å². The topological polar surface area (TPSA) is 147 Å². The maximum absolute atomic E-state index is 14.0. The van der Waals surface area contributed by atoms with Crippen LogP contribution in [0.5, 0.6) is 11.6 Å². The molecular weight excluding hydrogens is 387 g/mol. The number of hydrogen-bond donors (Lipinski definition) is 2. The number of aromatic nitrogens is 1. The molecule has 3 atom stereocenters. The van der Waals surface area contributed by atoms with E-state index in [0.29, 0.717) is 6.42 Å². The number of hydrogen-bond acceptors (Lipinski definition) is 7. The number of nitrogens with two attached hydrogens (primary N) is 1. The standard InChI is InChI=1S/C18H19FN4O6/c1-3-8-12(22-17(25)15(8)19)7-29-18-10-5-14(28-2)11(16(20)24)4-9(10)13(6-21-18)23(26)27/h4-6,8,12,15H,3,7H2,1-2H3,(H2,20,24)(H,22,25)/t8-,12+,15-/m0/s1. The number of methoxy groups -OCH3 is 1. The van der Waals surface area contributed by atoms with Crippen LogP contribution in [0.1, 0.15) is 23.7 Å². The molecule has 2 heterocycles. The van der Waals surface area contributed by atoms with Crippen molar-refractivity contribution in [3.63, 3.8) is 0 Å². The fraction of sp³-hybridized carbons (Fsp3) is 0.389. The number of ether oxygens (including phenoxy) is 2. The van der Waals surface area contributed by atoms with Crippen LogP contribution < -0.4 is 20.5 Å². The van der Waals surface area contributed by atoms with Crippen molar-refractivity contribution in [3.8, 4) is 11.6 Å². The fourth-order valence-corrected chi connectivity index (χ4v) is 3.44. The molecule has 1 aliphatic heterocycles. The van der Waals surface area contributed by atoms with E-state index in [0.717, 1.165) is 6.20 Å². The molecule has 0 aliphatic carbocycles. The van der Waals surface area contributed by atoms with Crippen molar-refractivity contribution < 1.29 is 28.4 Å². The van der Waals surface area contributed by atoms with Crippen LogP contribution in [0, 0.1) is 16.0 Å². The Morgan fingerprint density at radius 3 is 2.72 bits per heavy atom. The average molecular weight is 406 g/mol. The molecule has 0 unspecified atom stereocenters. The molecule has 10 nitrogen and oxygen atoms in total. The number of rotatable bonds is 7. The Morgan fingerprint density at radius 1 is 1.41 bits per heavy atom. The Bertz CT molecular complexity index is 998. The summed E-state index contributed by atoms with van der Waals surface area (Å²) in [5.74, 6) is -1.94. The normalized spacial score (nSPS) is 21.1. The SMILES string of the molecule is CC[C@@H]1[C@H](F)C(=O)N[C@@H]1COc1ncc([N+](=O)[O-])c2cc(C(N)=O)c(OC)cc12. The van der Waals surface area contributed by atoms with Crippen LogP contribution >= 0.6 is 0 Å². The second-order valence-electron chi connectivity index (χ2n) is 6.57. The Hall–Kier alpha value is -3.50. The van der Waals surface area contributed by atoms with Crippen molar-refractivity contribution in [1.82, 2.24) is 10.3 Å². The number of carbonyl (C=O) groups is 2. The lowest BCUT2D eigenvalue weighted by Gasteiger charge is -2.19. The average Bonchev–Trinajstić information content (AvgIpc) is 2.97. The van der Waals surface area contributed by atoms with Gasteiger partial charge in [-0.3, -0.25) is 19.7 Å². The number of nitrogens with zero attached hydrogens (tertiary/aromatic N) is 2. The van der Waals surface area contributed by atoms with Gasteiger partial charge in [0.2, 0.25) is 5.88 Å². The van der Waals surface area contributed by atoms with Crippen molar-refractivity contribution in [2.45, 2.75) is 25.6 Å². The molecule has 1 aromatic carbocycles. The number of alkyl halides is 1. The summed E-state index contributed by atoms with van der Waals surface area (Å²) >= 11 is 0. The molecule has 29 heavy (non-hydrogen) atoms. The number of nitro groups is 1. The van der Waals surface area contributed by atoms with Gasteiger partial charge in [-0.15, -0.1) is 0 Å². The van der Waals surface area contributed by atoms with Gasteiger partial charge in [0.15, 0.2) is 6.17 Å². The van der Waals surface area contributed by atoms with Crippen molar-refractivity contribution in [2.75, 3.05) is 13.7 Å². The third-order valence-electron chi connectivity index (χ3n) is 4.95. The second-order valence-corrected chi connectivity index (χ2v) is 6.57. The van der Waals surface area contributed by atoms with Gasteiger partial charge in [-0.25, -0.2) is 9.37 Å². The second kappa shape index (κ2) is 7.86. The maximum atomic E-state index is 14.0. The van der Waals surface area contributed by atoms with E-state index < -0.39 is 34.9 Å². The van der Waals surface area contributed by atoms with E-state index in [1.54, 1.807) is 6.92 Å². The zero-order valence-electron chi connectivity index (χ0n) is 15.7. The van der Waals surface area contributed by atoms with Gasteiger partial charge in [0, 0.05) is 5.92 Å². The minimum absolute atomic E-state index is 0.0198. The molecule has 3 rings (SSSR count). The lowest BCUT2D eigenvalue weighted by molar-refractivity contribution is -0.383. The first-order valence-corrected chi connectivity index (χ1v) is 8.80. The first-order valence-electron chi connectivity index (χ1n) is 8.80. The Morgan fingerprint density at radius 2 is 2.14 bits per heavy atom. The zero-order chi connectivity index (χ0) is 21.3. The number of primary amides is 1. The largest absolute Gasteiger partial charge is 0.496 e. The van der Waals surface area contributed by atoms with Gasteiger partial charge in [0.05, 0.1) is 34.4 Å². The smallest absolute Gasteiger partial charge is 0.295 e. The van der Waals surface area contributed by atoms with E-state index in [1.165, 1.54) is 19.2 Å². The number of nitrogens with one attached hydrogen (secondary N) is 1. The molecule has 1 aliphatic rings. The molecule has 0 spiro atoms. The summed E-state index contributed by atoms with van der Waals surface area (Å²) in [5.41, 5.74) is 4.95. The highest BCUT2D eigenvalue weighted by molar-refractivity contribution is 6.04. The lowest BCUT2D eigenvalue weighted by Crippen LogP contribution is -2.34. The highest BCUT2D eigenvalue weighted by Crippen LogP contribution is 2.36. The van der Waals surface area contributed by atoms with Gasteiger partial charge in [-0.2, -0.15) is 0 Å². The van der Waals surface area contributed by atoms with Gasteiger partial charge in [-0.1, -0.05) is 6.92 Å². The molecule has 1 fully saturated rings. The van der Waals surface area contributed by atoms with E-state index >= 15 is 0 Å². The predicted molar refractivity (Wildman–Crippen MR) is 99.6 cm³/mol. The predicted octanol–water partition coefficient (Wildman–Crippen LogP) is 1.49. The number of benzene rings is 1. The Labute approximate surface area is 164 Å². The van der Waals surface area contributed by atoms with Crippen LogP contribution in [-0.2, 0) is 4.79 Å². The quantitative estimate of drug-likeness (QED) is 0.523. The number of halogens is 1. The summed E-state index contributed by atoms with van der Waals surface area (Å²) in [6, 6.07) is 2.04. The summed E-state index contributed by atoms with van der Waals surface area (Å²) < 4.78 is 24.8. The molecule has 2 amide bonds. The highest BCUT2D eigenvalue weighted by atomic mass is 19.1. The molecular formula is C18H19FN4O6. The summed E-state index contributed by atoms with van der Waals surface area (Å²) in [6.07, 6.45) is -0.191. The first kappa shape index (κ1) is 20.2. The van der Waals surface area contributed by atoms with E-state index in [2.05, 4.69) is 10.3 Å². The van der Waals surface area contributed by atoms with E-state index in [1.807, 2.05) is 0 Å². The first-order chi connectivity index (χ1) is 13.8. The molecule has 0 radical (unpaired) electrons. The van der Waals surface area contributed by atoms with Crippen molar-refractivity contribution >= 4 is 28.3 Å². The summed E-state index contributed by atoms with van der Waals surface area (Å²) in [6.45, 7) is 1.69. The molecule has 1 aromatic heterocycles. The number of amides is 2. The van der Waals surface area contributed by atoms with Crippen molar-refractivity contribution in [2.24, 2.45) is 11.7 Å². The van der Waals surface area contributed by atoms with Crippen LogP contribution in [-0.4, -0.2) is 47.7 Å². The molecule has 0 saturated carbocycles. The highest BCUT2D eigenvalue weighted by Gasteiger charge is 2.41. The fourth-order valence-electron chi connectivity index (χ4n) is 3.44. The summed E-state index contributed by atoms with van der Waals surface area (Å²) in [4.78, 5) is 38.0. The lowest BCUT2D eigenvalue weighted by atomic mass is 9.97. The molecule has 3 N–H and O–H groups in total. The number of carbonyl (C=O) groups excluding carboxylic acids is 2. The van der Waals surface area contributed by atoms with Crippen LogP contribution in [0.15, 0.2) is 18.3 Å². The summed E-state index contributed by atoms with van der Waals surface area (Å²) in [5, 5.41) is 14.2. The summed E-state index contributed by atoms with van der Waals surface area (Å²) in [7, 11) is 1.32. The van der Waals surface area contributed by atoms with Gasteiger partial charge in [0.1, 0.15) is 18.6 Å².